The van der Waals surface area contributed by atoms with Gasteiger partial charge in [-0.3, -0.25) is 10.1 Å². The molecule has 0 fully saturated rings. The average Bonchev–Trinajstić information content (AvgIpc) is 2.36. The summed E-state index contributed by atoms with van der Waals surface area (Å²) in [6.07, 6.45) is 0. The molecule has 5 nitrogen and oxygen atoms in total. The van der Waals surface area contributed by atoms with Gasteiger partial charge in [0.2, 0.25) is 0 Å². The lowest BCUT2D eigenvalue weighted by Gasteiger charge is -2.05. The highest BCUT2D eigenvalue weighted by Crippen LogP contribution is 2.26. The van der Waals surface area contributed by atoms with Crippen molar-refractivity contribution in [2.45, 2.75) is 0 Å². The van der Waals surface area contributed by atoms with Crippen LogP contribution in [0.4, 0.5) is 18.9 Å². The molecule has 2 rings (SSSR count). The first-order valence-electron chi connectivity index (χ1n) is 4.91. The molecule has 0 radical (unpaired) electrons. The van der Waals surface area contributed by atoms with E-state index in [1.165, 1.54) is 18.2 Å². The number of nitrogens with zero attached hydrogens (tertiary/aromatic N) is 2. The normalized spacial score (nSPS) is 10.3. The maximum Gasteiger partial charge on any atom is 0.273 e. The van der Waals surface area contributed by atoms with Crippen molar-refractivity contribution in [1.82, 2.24) is 4.98 Å². The van der Waals surface area contributed by atoms with Crippen LogP contribution in [0.25, 0.3) is 0 Å². The molecule has 0 aliphatic heterocycles. The SMILES string of the molecule is O=[N+]([O-])c1cccc(Oc2nc(F)c(F)cc2F)c1. The molecule has 0 N–H and O–H groups in total. The first kappa shape index (κ1) is 12.8. The molecule has 1 aromatic heterocycles. The Morgan fingerprint density at radius 3 is 2.58 bits per heavy atom. The number of non-ortho nitro benzene ring substituents is 1. The van der Waals surface area contributed by atoms with Crippen molar-refractivity contribution in [3.63, 3.8) is 0 Å². The smallest absolute Gasteiger partial charge is 0.273 e. The van der Waals surface area contributed by atoms with Gasteiger partial charge in [0.25, 0.3) is 17.5 Å². The van der Waals surface area contributed by atoms with Crippen LogP contribution in [0.15, 0.2) is 30.3 Å². The van der Waals surface area contributed by atoms with Crippen LogP contribution >= 0.6 is 0 Å². The Kier molecular flexibility index (Phi) is 3.32. The monoisotopic (exact) mass is 270 g/mol. The van der Waals surface area contributed by atoms with Gasteiger partial charge in [-0.1, -0.05) is 6.07 Å². The van der Waals surface area contributed by atoms with Crippen LogP contribution < -0.4 is 4.74 Å². The van der Waals surface area contributed by atoms with Crippen molar-refractivity contribution in [2.24, 2.45) is 0 Å². The number of hydrogen-bond donors (Lipinski definition) is 0. The van der Waals surface area contributed by atoms with Crippen LogP contribution in [0.5, 0.6) is 11.6 Å². The molecule has 0 saturated heterocycles. The van der Waals surface area contributed by atoms with Gasteiger partial charge in [-0.2, -0.15) is 9.37 Å². The molecule has 1 aromatic carbocycles. The number of aromatic nitrogens is 1. The minimum absolute atomic E-state index is 0.119. The highest BCUT2D eigenvalue weighted by atomic mass is 19.2. The molecular weight excluding hydrogens is 265 g/mol. The molecular formula is C11H5F3N2O3. The summed E-state index contributed by atoms with van der Waals surface area (Å²) in [5.74, 6) is -5.12. The summed E-state index contributed by atoms with van der Waals surface area (Å²) in [6.45, 7) is 0. The second kappa shape index (κ2) is 4.92. The number of halogens is 3. The molecule has 2 aromatic rings. The van der Waals surface area contributed by atoms with Gasteiger partial charge < -0.3 is 4.74 Å². The Morgan fingerprint density at radius 2 is 1.89 bits per heavy atom. The van der Waals surface area contributed by atoms with Gasteiger partial charge in [0, 0.05) is 12.1 Å². The summed E-state index contributed by atoms with van der Waals surface area (Å²) in [5, 5.41) is 10.5. The third-order valence-corrected chi connectivity index (χ3v) is 2.10. The molecule has 1 heterocycles. The van der Waals surface area contributed by atoms with E-state index in [1.54, 1.807) is 0 Å². The zero-order chi connectivity index (χ0) is 14.0. The quantitative estimate of drug-likeness (QED) is 0.488. The predicted molar refractivity (Wildman–Crippen MR) is 57.3 cm³/mol. The van der Waals surface area contributed by atoms with E-state index in [0.29, 0.717) is 0 Å². The number of pyridine rings is 1. The summed E-state index contributed by atoms with van der Waals surface area (Å²) < 4.78 is 43.6. The minimum Gasteiger partial charge on any atom is -0.436 e. The molecule has 98 valence electrons. The van der Waals surface area contributed by atoms with E-state index in [-0.39, 0.29) is 17.5 Å². The number of ether oxygens (including phenoxy) is 1. The summed E-state index contributed by atoms with van der Waals surface area (Å²) >= 11 is 0. The Hall–Kier alpha value is -2.64. The lowest BCUT2D eigenvalue weighted by molar-refractivity contribution is -0.384. The van der Waals surface area contributed by atoms with Crippen molar-refractivity contribution in [3.05, 3.63) is 58.0 Å². The molecule has 0 atom stereocenters. The standard InChI is InChI=1S/C11H5F3N2O3/c12-8-5-9(13)11(15-10(8)14)19-7-3-1-2-6(4-7)16(17)18/h1-5H. The van der Waals surface area contributed by atoms with Gasteiger partial charge in [0.05, 0.1) is 11.0 Å². The first-order chi connectivity index (χ1) is 8.97. The number of benzene rings is 1. The highest BCUT2D eigenvalue weighted by Gasteiger charge is 2.14. The maximum atomic E-state index is 13.2. The molecule has 0 spiro atoms. The van der Waals surface area contributed by atoms with Gasteiger partial charge in [0.15, 0.2) is 11.6 Å². The molecule has 8 heteroatoms. The van der Waals surface area contributed by atoms with E-state index in [0.717, 1.165) is 6.07 Å². The van der Waals surface area contributed by atoms with Crippen LogP contribution in [-0.4, -0.2) is 9.91 Å². The lowest BCUT2D eigenvalue weighted by atomic mass is 10.3. The summed E-state index contributed by atoms with van der Waals surface area (Å²) in [6, 6.07) is 5.06. The fraction of sp³-hybridized carbons (Fsp3) is 0. The van der Waals surface area contributed by atoms with Crippen molar-refractivity contribution >= 4 is 5.69 Å². The zero-order valence-corrected chi connectivity index (χ0v) is 9.14. The Morgan fingerprint density at radius 1 is 1.16 bits per heavy atom. The molecule has 19 heavy (non-hydrogen) atoms. The van der Waals surface area contributed by atoms with E-state index in [4.69, 9.17) is 4.74 Å². The second-order valence-electron chi connectivity index (χ2n) is 3.40. The molecule has 0 bridgehead atoms. The lowest BCUT2D eigenvalue weighted by Crippen LogP contribution is -1.98. The fourth-order valence-electron chi connectivity index (χ4n) is 1.27. The van der Waals surface area contributed by atoms with E-state index >= 15 is 0 Å². The largest absolute Gasteiger partial charge is 0.436 e. The van der Waals surface area contributed by atoms with Gasteiger partial charge in [-0.25, -0.2) is 8.78 Å². The Labute approximate surface area is 104 Å². The van der Waals surface area contributed by atoms with Gasteiger partial charge >= 0.3 is 0 Å². The van der Waals surface area contributed by atoms with Crippen LogP contribution in [0.2, 0.25) is 0 Å². The number of rotatable bonds is 3. The van der Waals surface area contributed by atoms with Crippen LogP contribution in [-0.2, 0) is 0 Å². The Balaban J connectivity index is 2.33. The van der Waals surface area contributed by atoms with E-state index in [1.807, 2.05) is 0 Å². The number of hydrogen-bond acceptors (Lipinski definition) is 4. The second-order valence-corrected chi connectivity index (χ2v) is 3.40. The van der Waals surface area contributed by atoms with Crippen LogP contribution in [0.3, 0.4) is 0 Å². The van der Waals surface area contributed by atoms with Crippen molar-refractivity contribution < 1.29 is 22.8 Å². The summed E-state index contributed by atoms with van der Waals surface area (Å²) in [5.41, 5.74) is -0.291. The number of nitro benzene ring substituents is 1. The van der Waals surface area contributed by atoms with Gasteiger partial charge in [0.1, 0.15) is 5.75 Å². The predicted octanol–water partition coefficient (Wildman–Crippen LogP) is 3.20. The summed E-state index contributed by atoms with van der Waals surface area (Å²) in [7, 11) is 0. The summed E-state index contributed by atoms with van der Waals surface area (Å²) in [4.78, 5) is 12.8. The minimum atomic E-state index is -1.53. The maximum absolute atomic E-state index is 13.2. The third kappa shape index (κ3) is 2.79. The van der Waals surface area contributed by atoms with Gasteiger partial charge in [-0.05, 0) is 6.07 Å². The van der Waals surface area contributed by atoms with E-state index < -0.39 is 28.4 Å². The van der Waals surface area contributed by atoms with Crippen molar-refractivity contribution in [3.8, 4) is 11.6 Å². The van der Waals surface area contributed by atoms with Crippen molar-refractivity contribution in [2.75, 3.05) is 0 Å². The zero-order valence-electron chi connectivity index (χ0n) is 9.14. The average molecular weight is 270 g/mol. The topological polar surface area (TPSA) is 65.3 Å². The van der Waals surface area contributed by atoms with E-state index in [9.17, 15) is 23.3 Å². The van der Waals surface area contributed by atoms with Gasteiger partial charge in [-0.15, -0.1) is 0 Å². The van der Waals surface area contributed by atoms with E-state index in [2.05, 4.69) is 4.98 Å². The molecule has 0 aliphatic carbocycles. The van der Waals surface area contributed by atoms with Crippen LogP contribution in [0, 0.1) is 27.7 Å². The highest BCUT2D eigenvalue weighted by molar-refractivity contribution is 5.39. The third-order valence-electron chi connectivity index (χ3n) is 2.10. The molecule has 0 aliphatic rings. The fourth-order valence-corrected chi connectivity index (χ4v) is 1.27. The first-order valence-corrected chi connectivity index (χ1v) is 4.91. The molecule has 0 unspecified atom stereocenters. The number of nitro groups is 1. The van der Waals surface area contributed by atoms with Crippen LogP contribution in [0.1, 0.15) is 0 Å². The molecule has 0 amide bonds. The Bertz CT molecular complexity index is 649. The van der Waals surface area contributed by atoms with Crippen molar-refractivity contribution in [1.29, 1.82) is 0 Å². The molecule has 0 saturated carbocycles.